The van der Waals surface area contributed by atoms with Crippen LogP contribution in [0.1, 0.15) is 27.7 Å². The molecule has 0 rings (SSSR count). The third-order valence-corrected chi connectivity index (χ3v) is 3.53. The Labute approximate surface area is 84.9 Å². The molecule has 1 N–H and O–H groups in total. The molecular weight excluding hydrogens is 206 g/mol. The van der Waals surface area contributed by atoms with Crippen LogP contribution < -0.4 is 4.72 Å². The molecular formula is C8H17NO4S. The number of esters is 1. The fraction of sp³-hybridized carbons (Fsp3) is 0.875. The van der Waals surface area contributed by atoms with E-state index in [1.165, 1.54) is 6.92 Å². The van der Waals surface area contributed by atoms with Crippen molar-refractivity contribution in [2.24, 2.45) is 0 Å². The molecule has 1 atom stereocenters. The van der Waals surface area contributed by atoms with Crippen molar-refractivity contribution in [3.8, 4) is 0 Å². The molecule has 6 heteroatoms. The van der Waals surface area contributed by atoms with Crippen LogP contribution in [-0.2, 0) is 19.6 Å². The lowest BCUT2D eigenvalue weighted by molar-refractivity contribution is -0.144. The highest BCUT2D eigenvalue weighted by Gasteiger charge is 2.23. The van der Waals surface area contributed by atoms with Crippen molar-refractivity contribution in [3.63, 3.8) is 0 Å². The van der Waals surface area contributed by atoms with Crippen molar-refractivity contribution in [3.05, 3.63) is 0 Å². The minimum atomic E-state index is -3.41. The molecule has 0 bridgehead atoms. The number of rotatable bonds is 5. The van der Waals surface area contributed by atoms with Gasteiger partial charge in [-0.2, -0.15) is 0 Å². The summed E-state index contributed by atoms with van der Waals surface area (Å²) in [6, 6.07) is -0.831. The lowest BCUT2D eigenvalue weighted by Crippen LogP contribution is -2.42. The van der Waals surface area contributed by atoms with E-state index in [1.54, 1.807) is 20.8 Å². The molecule has 14 heavy (non-hydrogen) atoms. The fourth-order valence-corrected chi connectivity index (χ4v) is 1.56. The number of sulfonamides is 1. The molecule has 0 aliphatic heterocycles. The third-order valence-electron chi connectivity index (χ3n) is 1.60. The third kappa shape index (κ3) is 4.06. The van der Waals surface area contributed by atoms with Gasteiger partial charge in [-0.05, 0) is 27.7 Å². The number of carbonyl (C=O) groups excluding carboxylic acids is 1. The summed E-state index contributed by atoms with van der Waals surface area (Å²) in [6.07, 6.45) is 0. The maximum Gasteiger partial charge on any atom is 0.323 e. The first-order valence-electron chi connectivity index (χ1n) is 4.49. The maximum absolute atomic E-state index is 11.3. The molecule has 0 amide bonds. The smallest absolute Gasteiger partial charge is 0.323 e. The molecule has 0 aromatic carbocycles. The van der Waals surface area contributed by atoms with Gasteiger partial charge in [0.2, 0.25) is 10.0 Å². The zero-order valence-corrected chi connectivity index (χ0v) is 9.72. The van der Waals surface area contributed by atoms with Crippen molar-refractivity contribution in [2.45, 2.75) is 39.0 Å². The highest BCUT2D eigenvalue weighted by atomic mass is 32.2. The lowest BCUT2D eigenvalue weighted by atomic mass is 10.4. The summed E-state index contributed by atoms with van der Waals surface area (Å²) < 4.78 is 29.6. The largest absolute Gasteiger partial charge is 0.465 e. The first-order valence-corrected chi connectivity index (χ1v) is 6.03. The Hall–Kier alpha value is -0.620. The van der Waals surface area contributed by atoms with E-state index in [9.17, 15) is 13.2 Å². The summed E-state index contributed by atoms with van der Waals surface area (Å²) in [6.45, 7) is 6.45. The molecule has 0 fully saturated rings. The molecule has 0 saturated carbocycles. The Balaban J connectivity index is 4.33. The van der Waals surface area contributed by atoms with E-state index in [4.69, 9.17) is 0 Å². The molecule has 5 nitrogen and oxygen atoms in total. The van der Waals surface area contributed by atoms with Crippen LogP contribution in [0.5, 0.6) is 0 Å². The topological polar surface area (TPSA) is 72.5 Å². The molecule has 0 aliphatic carbocycles. The zero-order valence-electron chi connectivity index (χ0n) is 8.90. The van der Waals surface area contributed by atoms with Crippen molar-refractivity contribution in [2.75, 3.05) is 6.61 Å². The van der Waals surface area contributed by atoms with Gasteiger partial charge in [-0.3, -0.25) is 4.79 Å². The van der Waals surface area contributed by atoms with Gasteiger partial charge in [-0.1, -0.05) is 0 Å². The van der Waals surface area contributed by atoms with Gasteiger partial charge in [0.25, 0.3) is 0 Å². The number of hydrogen-bond donors (Lipinski definition) is 1. The summed E-state index contributed by atoms with van der Waals surface area (Å²) in [5.74, 6) is -0.559. The van der Waals surface area contributed by atoms with E-state index < -0.39 is 27.3 Å². The predicted octanol–water partition coefficient (Wildman–Crippen LogP) is 0.266. The van der Waals surface area contributed by atoms with Gasteiger partial charge in [0.1, 0.15) is 6.04 Å². The van der Waals surface area contributed by atoms with Gasteiger partial charge in [-0.15, -0.1) is 0 Å². The second-order valence-electron chi connectivity index (χ2n) is 3.19. The first kappa shape index (κ1) is 13.4. The first-order chi connectivity index (χ1) is 6.31. The van der Waals surface area contributed by atoms with Gasteiger partial charge in [0, 0.05) is 0 Å². The molecule has 0 aliphatic rings. The summed E-state index contributed by atoms with van der Waals surface area (Å²) in [5, 5.41) is -0.556. The number of carbonyl (C=O) groups is 1. The maximum atomic E-state index is 11.3. The van der Waals surface area contributed by atoms with Crippen LogP contribution in [0.2, 0.25) is 0 Å². The highest BCUT2D eigenvalue weighted by Crippen LogP contribution is 1.99. The van der Waals surface area contributed by atoms with E-state index in [0.29, 0.717) is 0 Å². The Bertz CT molecular complexity index is 284. The van der Waals surface area contributed by atoms with Crippen molar-refractivity contribution >= 4 is 16.0 Å². The van der Waals surface area contributed by atoms with Crippen molar-refractivity contribution < 1.29 is 17.9 Å². The second-order valence-corrected chi connectivity index (χ2v) is 5.45. The average Bonchev–Trinajstić information content (AvgIpc) is 2.03. The van der Waals surface area contributed by atoms with Gasteiger partial charge in [0.05, 0.1) is 11.9 Å². The van der Waals surface area contributed by atoms with Crippen LogP contribution in [0.15, 0.2) is 0 Å². The number of ether oxygens (including phenoxy) is 1. The number of hydrogen-bond acceptors (Lipinski definition) is 4. The van der Waals surface area contributed by atoms with Crippen molar-refractivity contribution in [1.82, 2.24) is 4.72 Å². The van der Waals surface area contributed by atoms with E-state index in [-0.39, 0.29) is 6.61 Å². The Kier molecular flexibility index (Phi) is 5.07. The summed E-state index contributed by atoms with van der Waals surface area (Å²) in [5.41, 5.74) is 0. The Morgan fingerprint density at radius 1 is 1.36 bits per heavy atom. The Morgan fingerprint density at radius 2 is 1.86 bits per heavy atom. The van der Waals surface area contributed by atoms with E-state index >= 15 is 0 Å². The fourth-order valence-electron chi connectivity index (χ4n) is 0.698. The number of nitrogens with one attached hydrogen (secondary N) is 1. The molecule has 0 spiro atoms. The van der Waals surface area contributed by atoms with Gasteiger partial charge < -0.3 is 4.74 Å². The van der Waals surface area contributed by atoms with Crippen LogP contribution in [0, 0.1) is 0 Å². The predicted molar refractivity (Wildman–Crippen MR) is 53.3 cm³/mol. The summed E-state index contributed by atoms with van der Waals surface area (Å²) in [7, 11) is -3.41. The molecule has 0 aromatic rings. The van der Waals surface area contributed by atoms with Crippen LogP contribution in [0.3, 0.4) is 0 Å². The Morgan fingerprint density at radius 3 is 2.21 bits per heavy atom. The van der Waals surface area contributed by atoms with Gasteiger partial charge in [-0.25, -0.2) is 13.1 Å². The highest BCUT2D eigenvalue weighted by molar-refractivity contribution is 7.90. The monoisotopic (exact) mass is 223 g/mol. The van der Waals surface area contributed by atoms with Crippen molar-refractivity contribution in [1.29, 1.82) is 0 Å². The quantitative estimate of drug-likeness (QED) is 0.679. The van der Waals surface area contributed by atoms with Crippen LogP contribution >= 0.6 is 0 Å². The molecule has 0 saturated heterocycles. The van der Waals surface area contributed by atoms with Crippen LogP contribution in [0.25, 0.3) is 0 Å². The molecule has 84 valence electrons. The molecule has 0 radical (unpaired) electrons. The van der Waals surface area contributed by atoms with Crippen LogP contribution in [-0.4, -0.2) is 32.3 Å². The van der Waals surface area contributed by atoms with Gasteiger partial charge >= 0.3 is 5.97 Å². The normalized spacial score (nSPS) is 14.1. The van der Waals surface area contributed by atoms with Gasteiger partial charge in [0.15, 0.2) is 0 Å². The van der Waals surface area contributed by atoms with E-state index in [1.807, 2.05) is 0 Å². The average molecular weight is 223 g/mol. The van der Waals surface area contributed by atoms with E-state index in [2.05, 4.69) is 9.46 Å². The van der Waals surface area contributed by atoms with Crippen LogP contribution in [0.4, 0.5) is 0 Å². The molecule has 0 aromatic heterocycles. The summed E-state index contributed by atoms with van der Waals surface area (Å²) in [4.78, 5) is 11.1. The van der Waals surface area contributed by atoms with E-state index in [0.717, 1.165) is 0 Å². The minimum Gasteiger partial charge on any atom is -0.465 e. The SMILES string of the molecule is CCOC(=O)C(C)NS(=O)(=O)C(C)C. The summed E-state index contributed by atoms with van der Waals surface area (Å²) >= 11 is 0. The second kappa shape index (κ2) is 5.31. The lowest BCUT2D eigenvalue weighted by Gasteiger charge is -2.14. The minimum absolute atomic E-state index is 0.243. The molecule has 1 unspecified atom stereocenters. The standard InChI is InChI=1S/C8H17NO4S/c1-5-13-8(10)7(4)9-14(11,12)6(2)3/h6-7,9H,5H2,1-4H3. The zero-order chi connectivity index (χ0) is 11.4. The molecule has 0 heterocycles.